The summed E-state index contributed by atoms with van der Waals surface area (Å²) in [6, 6.07) is 19.4. The van der Waals surface area contributed by atoms with Crippen LogP contribution in [0.5, 0.6) is 0 Å². The number of nitrogens with zero attached hydrogens (tertiary/aromatic N) is 2. The third-order valence-electron chi connectivity index (χ3n) is 4.42. The standard InChI is InChI=1S/C23H16F2N2O/c1-15-5-4-7-19(13-15)27-22(16-9-11-18(24)12-10-16)26-21(23(27)28)14-17-6-2-3-8-20(17)25/h2-14H,1H3/b21-14+. The second-order valence-electron chi connectivity index (χ2n) is 6.47. The molecule has 0 saturated carbocycles. The molecule has 0 N–H and O–H groups in total. The molecule has 0 saturated heterocycles. The fourth-order valence-corrected chi connectivity index (χ4v) is 3.06. The maximum Gasteiger partial charge on any atom is 0.282 e. The first-order valence-corrected chi connectivity index (χ1v) is 8.75. The molecule has 1 aliphatic heterocycles. The van der Waals surface area contributed by atoms with Gasteiger partial charge in [-0.1, -0.05) is 30.3 Å². The number of hydrogen-bond donors (Lipinski definition) is 0. The van der Waals surface area contributed by atoms with Crippen molar-refractivity contribution in [2.45, 2.75) is 6.92 Å². The quantitative estimate of drug-likeness (QED) is 0.587. The molecule has 0 radical (unpaired) electrons. The van der Waals surface area contributed by atoms with E-state index in [1.165, 1.54) is 29.2 Å². The zero-order valence-corrected chi connectivity index (χ0v) is 15.1. The Balaban J connectivity index is 1.85. The van der Waals surface area contributed by atoms with E-state index in [4.69, 9.17) is 0 Å². The van der Waals surface area contributed by atoms with E-state index in [0.29, 0.717) is 17.1 Å². The second-order valence-corrected chi connectivity index (χ2v) is 6.47. The number of hydrogen-bond acceptors (Lipinski definition) is 2. The van der Waals surface area contributed by atoms with Crippen LogP contribution in [0, 0.1) is 18.6 Å². The smallest absolute Gasteiger partial charge is 0.266 e. The van der Waals surface area contributed by atoms with Crippen LogP contribution in [0.25, 0.3) is 6.08 Å². The summed E-state index contributed by atoms with van der Waals surface area (Å²) in [7, 11) is 0. The lowest BCUT2D eigenvalue weighted by Crippen LogP contribution is -2.32. The molecule has 0 bridgehead atoms. The summed E-state index contributed by atoms with van der Waals surface area (Å²) < 4.78 is 27.4. The van der Waals surface area contributed by atoms with Gasteiger partial charge in [-0.15, -0.1) is 0 Å². The van der Waals surface area contributed by atoms with Gasteiger partial charge in [-0.3, -0.25) is 9.69 Å². The number of carbonyl (C=O) groups excluding carboxylic acids is 1. The van der Waals surface area contributed by atoms with Crippen molar-refractivity contribution in [3.05, 3.63) is 107 Å². The number of amidine groups is 1. The number of aliphatic imine (C=N–C) groups is 1. The minimum absolute atomic E-state index is 0.117. The topological polar surface area (TPSA) is 32.7 Å². The molecule has 5 heteroatoms. The number of halogens is 2. The summed E-state index contributed by atoms with van der Waals surface area (Å²) in [6.45, 7) is 1.93. The van der Waals surface area contributed by atoms with Crippen molar-refractivity contribution >= 4 is 23.5 Å². The molecule has 0 unspecified atom stereocenters. The van der Waals surface area contributed by atoms with Crippen LogP contribution in [0.4, 0.5) is 14.5 Å². The summed E-state index contributed by atoms with van der Waals surface area (Å²) in [4.78, 5) is 19.1. The molecule has 1 aliphatic rings. The predicted molar refractivity (Wildman–Crippen MR) is 106 cm³/mol. The Hall–Kier alpha value is -3.60. The van der Waals surface area contributed by atoms with Gasteiger partial charge in [-0.25, -0.2) is 13.8 Å². The number of benzene rings is 3. The minimum Gasteiger partial charge on any atom is -0.266 e. The fraction of sp³-hybridized carbons (Fsp3) is 0.0435. The fourth-order valence-electron chi connectivity index (χ4n) is 3.06. The molecule has 3 nitrogen and oxygen atoms in total. The van der Waals surface area contributed by atoms with Crippen LogP contribution in [-0.4, -0.2) is 11.7 Å². The Bertz CT molecular complexity index is 1120. The molecule has 0 spiro atoms. The van der Waals surface area contributed by atoms with Crippen molar-refractivity contribution < 1.29 is 13.6 Å². The maximum absolute atomic E-state index is 14.0. The molecular formula is C23H16F2N2O. The number of rotatable bonds is 3. The zero-order valence-electron chi connectivity index (χ0n) is 15.1. The summed E-state index contributed by atoms with van der Waals surface area (Å²) in [5, 5.41) is 0. The molecule has 4 rings (SSSR count). The highest BCUT2D eigenvalue weighted by Crippen LogP contribution is 2.28. The average molecular weight is 374 g/mol. The molecule has 3 aromatic carbocycles. The number of aryl methyl sites for hydroxylation is 1. The number of amides is 1. The van der Waals surface area contributed by atoms with Crippen molar-refractivity contribution in [2.24, 2.45) is 4.99 Å². The zero-order chi connectivity index (χ0) is 19.7. The molecular weight excluding hydrogens is 358 g/mol. The van der Waals surface area contributed by atoms with Crippen molar-refractivity contribution in [3.63, 3.8) is 0 Å². The van der Waals surface area contributed by atoms with Gasteiger partial charge < -0.3 is 0 Å². The first kappa shape index (κ1) is 17.8. The van der Waals surface area contributed by atoms with Crippen molar-refractivity contribution in [3.8, 4) is 0 Å². The number of anilines is 1. The molecule has 1 heterocycles. The molecule has 3 aromatic rings. The van der Waals surface area contributed by atoms with E-state index in [1.54, 1.807) is 36.4 Å². The van der Waals surface area contributed by atoms with E-state index < -0.39 is 5.82 Å². The highest BCUT2D eigenvalue weighted by atomic mass is 19.1. The molecule has 0 aliphatic carbocycles. The van der Waals surface area contributed by atoms with Gasteiger partial charge in [0.05, 0.1) is 5.69 Å². The van der Waals surface area contributed by atoms with Crippen LogP contribution in [0.1, 0.15) is 16.7 Å². The molecule has 28 heavy (non-hydrogen) atoms. The van der Waals surface area contributed by atoms with Crippen LogP contribution in [0.2, 0.25) is 0 Å². The highest BCUT2D eigenvalue weighted by molar-refractivity contribution is 6.33. The summed E-state index contributed by atoms with van der Waals surface area (Å²) in [6.07, 6.45) is 1.43. The summed E-state index contributed by atoms with van der Waals surface area (Å²) >= 11 is 0. The van der Waals surface area contributed by atoms with Gasteiger partial charge in [0.1, 0.15) is 23.2 Å². The van der Waals surface area contributed by atoms with Gasteiger partial charge >= 0.3 is 0 Å². The van der Waals surface area contributed by atoms with Crippen LogP contribution in [0.15, 0.2) is 83.5 Å². The second kappa shape index (κ2) is 7.19. The van der Waals surface area contributed by atoms with Gasteiger partial charge in [0.2, 0.25) is 0 Å². The molecule has 0 fully saturated rings. The monoisotopic (exact) mass is 374 g/mol. The van der Waals surface area contributed by atoms with E-state index in [2.05, 4.69) is 4.99 Å². The van der Waals surface area contributed by atoms with Crippen LogP contribution >= 0.6 is 0 Å². The molecule has 138 valence electrons. The van der Waals surface area contributed by atoms with E-state index in [9.17, 15) is 13.6 Å². The highest BCUT2D eigenvalue weighted by Gasteiger charge is 2.32. The lowest BCUT2D eigenvalue weighted by Gasteiger charge is -2.19. The van der Waals surface area contributed by atoms with E-state index in [-0.39, 0.29) is 23.0 Å². The van der Waals surface area contributed by atoms with Gasteiger partial charge in [-0.05, 0) is 61.0 Å². The average Bonchev–Trinajstić information content (AvgIpc) is 3.00. The van der Waals surface area contributed by atoms with Crippen LogP contribution in [-0.2, 0) is 4.79 Å². The first-order chi connectivity index (χ1) is 13.5. The summed E-state index contributed by atoms with van der Waals surface area (Å²) in [5.41, 5.74) is 2.61. The van der Waals surface area contributed by atoms with Crippen LogP contribution in [0.3, 0.4) is 0 Å². The molecule has 0 atom stereocenters. The first-order valence-electron chi connectivity index (χ1n) is 8.75. The molecule has 0 aromatic heterocycles. The van der Waals surface area contributed by atoms with Gasteiger partial charge in [-0.2, -0.15) is 0 Å². The van der Waals surface area contributed by atoms with E-state index in [1.807, 2.05) is 25.1 Å². The summed E-state index contributed by atoms with van der Waals surface area (Å²) in [5.74, 6) is -0.806. The SMILES string of the molecule is Cc1cccc(N2C(=O)/C(=C\c3ccccc3F)N=C2c2ccc(F)cc2)c1. The lowest BCUT2D eigenvalue weighted by molar-refractivity contribution is -0.113. The Morgan fingerprint density at radius 2 is 1.68 bits per heavy atom. The van der Waals surface area contributed by atoms with Gasteiger partial charge in [0.25, 0.3) is 5.91 Å². The predicted octanol–water partition coefficient (Wildman–Crippen LogP) is 5.11. The maximum atomic E-state index is 14.0. The Morgan fingerprint density at radius 1 is 0.929 bits per heavy atom. The Morgan fingerprint density at radius 3 is 2.39 bits per heavy atom. The Kier molecular flexibility index (Phi) is 4.57. The Labute approximate surface area is 161 Å². The van der Waals surface area contributed by atoms with Gasteiger partial charge in [0.15, 0.2) is 0 Å². The van der Waals surface area contributed by atoms with E-state index in [0.717, 1.165) is 5.56 Å². The lowest BCUT2D eigenvalue weighted by atomic mass is 10.1. The van der Waals surface area contributed by atoms with Gasteiger partial charge in [0, 0.05) is 11.1 Å². The largest absolute Gasteiger partial charge is 0.282 e. The normalized spacial score (nSPS) is 15.2. The van der Waals surface area contributed by atoms with E-state index >= 15 is 0 Å². The van der Waals surface area contributed by atoms with Crippen molar-refractivity contribution in [1.82, 2.24) is 0 Å². The van der Waals surface area contributed by atoms with Crippen LogP contribution < -0.4 is 4.90 Å². The van der Waals surface area contributed by atoms with Crippen molar-refractivity contribution in [1.29, 1.82) is 0 Å². The third-order valence-corrected chi connectivity index (χ3v) is 4.42. The third kappa shape index (κ3) is 3.34. The van der Waals surface area contributed by atoms with Crippen molar-refractivity contribution in [2.75, 3.05) is 4.90 Å². The molecule has 1 amide bonds. The minimum atomic E-state index is -0.435. The number of carbonyl (C=O) groups is 1.